The fourth-order valence-corrected chi connectivity index (χ4v) is 3.50. The molecule has 5 heteroatoms. The van der Waals surface area contributed by atoms with Crippen LogP contribution in [0.15, 0.2) is 42.6 Å². The van der Waals surface area contributed by atoms with Crippen LogP contribution in [0, 0.1) is 5.92 Å². The van der Waals surface area contributed by atoms with Crippen LogP contribution >= 0.6 is 0 Å². The molecular formula is C22H28N2O3. The molecule has 2 N–H and O–H groups in total. The van der Waals surface area contributed by atoms with E-state index in [-0.39, 0.29) is 24.0 Å². The van der Waals surface area contributed by atoms with Crippen molar-refractivity contribution in [3.05, 3.63) is 59.3 Å². The first kappa shape index (κ1) is 19.4. The lowest BCUT2D eigenvalue weighted by Gasteiger charge is -2.38. The van der Waals surface area contributed by atoms with Gasteiger partial charge in [-0.1, -0.05) is 44.2 Å². The molecule has 1 fully saturated rings. The third kappa shape index (κ3) is 4.86. The second-order valence-electron chi connectivity index (χ2n) is 7.64. The third-order valence-corrected chi connectivity index (χ3v) is 5.28. The molecule has 1 heterocycles. The molecule has 1 aliphatic carbocycles. The van der Waals surface area contributed by atoms with Crippen LogP contribution in [0.2, 0.25) is 0 Å². The second kappa shape index (κ2) is 8.53. The van der Waals surface area contributed by atoms with Gasteiger partial charge in [-0.2, -0.15) is 0 Å². The van der Waals surface area contributed by atoms with Gasteiger partial charge in [0.25, 0.3) is 0 Å². The molecule has 1 saturated carbocycles. The molecule has 0 saturated heterocycles. The van der Waals surface area contributed by atoms with Crippen LogP contribution < -0.4 is 10.1 Å². The highest BCUT2D eigenvalue weighted by molar-refractivity contribution is 5.79. The Kier molecular flexibility index (Phi) is 6.11. The monoisotopic (exact) mass is 368 g/mol. The maximum atomic E-state index is 12.6. The zero-order valence-corrected chi connectivity index (χ0v) is 16.2. The van der Waals surface area contributed by atoms with E-state index in [1.807, 2.05) is 18.2 Å². The van der Waals surface area contributed by atoms with Crippen LogP contribution in [0.5, 0.6) is 5.88 Å². The minimum atomic E-state index is -0.274. The summed E-state index contributed by atoms with van der Waals surface area (Å²) in [6.07, 6.45) is 3.20. The first-order valence-corrected chi connectivity index (χ1v) is 9.52. The van der Waals surface area contributed by atoms with Crippen LogP contribution in [0.3, 0.4) is 0 Å². The molecule has 0 spiro atoms. The molecule has 0 bridgehead atoms. The number of aromatic nitrogens is 1. The summed E-state index contributed by atoms with van der Waals surface area (Å²) in [5.74, 6) is 1.23. The van der Waals surface area contributed by atoms with Crippen LogP contribution in [0.1, 0.15) is 55.3 Å². The first-order valence-electron chi connectivity index (χ1n) is 9.52. The van der Waals surface area contributed by atoms with E-state index in [0.717, 1.165) is 11.1 Å². The smallest absolute Gasteiger partial charge is 0.224 e. The summed E-state index contributed by atoms with van der Waals surface area (Å²) in [5.41, 5.74) is 3.21. The number of hydrogen-bond donors (Lipinski definition) is 2. The van der Waals surface area contributed by atoms with Gasteiger partial charge in [-0.05, 0) is 41.4 Å². The average Bonchev–Trinajstić information content (AvgIpc) is 2.64. The Labute approximate surface area is 160 Å². The molecule has 1 aromatic carbocycles. The minimum absolute atomic E-state index is 0.0190. The normalized spacial score (nSPS) is 20.0. The fourth-order valence-electron chi connectivity index (χ4n) is 3.50. The molecule has 1 unspecified atom stereocenters. The van der Waals surface area contributed by atoms with E-state index in [1.165, 1.54) is 5.56 Å². The Bertz CT molecular complexity index is 750. The number of amides is 1. The quantitative estimate of drug-likeness (QED) is 0.786. The molecular weight excluding hydrogens is 340 g/mol. The van der Waals surface area contributed by atoms with Gasteiger partial charge in [-0.3, -0.25) is 4.79 Å². The summed E-state index contributed by atoms with van der Waals surface area (Å²) in [6.45, 7) is 4.31. The van der Waals surface area contributed by atoms with Crippen molar-refractivity contribution < 1.29 is 14.6 Å². The summed E-state index contributed by atoms with van der Waals surface area (Å²) in [5, 5.41) is 12.8. The van der Waals surface area contributed by atoms with Crippen LogP contribution in [0.25, 0.3) is 0 Å². The zero-order valence-electron chi connectivity index (χ0n) is 16.2. The van der Waals surface area contributed by atoms with Gasteiger partial charge in [0.15, 0.2) is 0 Å². The predicted octanol–water partition coefficient (Wildman–Crippen LogP) is 3.38. The van der Waals surface area contributed by atoms with Gasteiger partial charge in [-0.15, -0.1) is 0 Å². The van der Waals surface area contributed by atoms with Crippen molar-refractivity contribution in [3.63, 3.8) is 0 Å². The van der Waals surface area contributed by atoms with E-state index < -0.39 is 0 Å². The number of benzene rings is 1. The van der Waals surface area contributed by atoms with E-state index in [2.05, 4.69) is 36.3 Å². The lowest BCUT2D eigenvalue weighted by atomic mass is 9.75. The number of nitrogens with one attached hydrogen (secondary N) is 1. The molecule has 27 heavy (non-hydrogen) atoms. The van der Waals surface area contributed by atoms with Crippen molar-refractivity contribution in [3.8, 4) is 5.88 Å². The van der Waals surface area contributed by atoms with Crippen molar-refractivity contribution in [2.24, 2.45) is 5.92 Å². The molecule has 3 rings (SSSR count). The molecule has 144 valence electrons. The zero-order chi connectivity index (χ0) is 19.4. The Hall–Kier alpha value is -2.40. The number of methoxy groups -OCH3 is 1. The summed E-state index contributed by atoms with van der Waals surface area (Å²) < 4.78 is 5.11. The minimum Gasteiger partial charge on any atom is -0.481 e. The number of carbonyl (C=O) groups is 1. The molecule has 1 atom stereocenters. The Balaban J connectivity index is 1.68. The van der Waals surface area contributed by atoms with Gasteiger partial charge >= 0.3 is 0 Å². The fraction of sp³-hybridized carbons (Fsp3) is 0.455. The number of hydrogen-bond acceptors (Lipinski definition) is 4. The molecule has 1 aliphatic rings. The average molecular weight is 368 g/mol. The molecule has 0 aliphatic heterocycles. The highest BCUT2D eigenvalue weighted by atomic mass is 16.5. The first-order chi connectivity index (χ1) is 13.0. The summed E-state index contributed by atoms with van der Waals surface area (Å²) in [6, 6.07) is 11.8. The van der Waals surface area contributed by atoms with Gasteiger partial charge in [-0.25, -0.2) is 4.98 Å². The Morgan fingerprint density at radius 3 is 2.37 bits per heavy atom. The van der Waals surface area contributed by atoms with Gasteiger partial charge in [0.05, 0.1) is 25.7 Å². The summed E-state index contributed by atoms with van der Waals surface area (Å²) >= 11 is 0. The van der Waals surface area contributed by atoms with Crippen LogP contribution in [-0.4, -0.2) is 29.2 Å². The number of aliphatic hydroxyl groups is 1. The summed E-state index contributed by atoms with van der Waals surface area (Å²) in [4.78, 5) is 16.9. The molecule has 2 aromatic rings. The highest BCUT2D eigenvalue weighted by Crippen LogP contribution is 2.38. The van der Waals surface area contributed by atoms with Crippen LogP contribution in [0.4, 0.5) is 0 Å². The topological polar surface area (TPSA) is 71.5 Å². The second-order valence-corrected chi connectivity index (χ2v) is 7.64. The lowest BCUT2D eigenvalue weighted by molar-refractivity contribution is -0.122. The maximum Gasteiger partial charge on any atom is 0.224 e. The standard InChI is InChI=1S/C22H28N2O3/c1-14(2)16-6-4-15(5-7-16)10-20(26)24-22(18-11-19(25)12-18)17-8-9-21(27-3)23-13-17/h4-9,13-14,18-19,22,25H,10-12H2,1-3H3,(H,24,26). The van der Waals surface area contributed by atoms with Crippen molar-refractivity contribution in [2.75, 3.05) is 7.11 Å². The van der Waals surface area contributed by atoms with E-state index in [1.54, 1.807) is 19.4 Å². The summed E-state index contributed by atoms with van der Waals surface area (Å²) in [7, 11) is 1.58. The largest absolute Gasteiger partial charge is 0.481 e. The van der Waals surface area contributed by atoms with Crippen molar-refractivity contribution in [2.45, 2.75) is 51.2 Å². The van der Waals surface area contributed by atoms with Crippen molar-refractivity contribution >= 4 is 5.91 Å². The molecule has 0 radical (unpaired) electrons. The molecule has 1 aromatic heterocycles. The van der Waals surface area contributed by atoms with Crippen LogP contribution in [-0.2, 0) is 11.2 Å². The maximum absolute atomic E-state index is 12.6. The van der Waals surface area contributed by atoms with E-state index in [4.69, 9.17) is 4.74 Å². The van der Waals surface area contributed by atoms with Gasteiger partial charge in [0.2, 0.25) is 11.8 Å². The number of carbonyl (C=O) groups excluding carboxylic acids is 1. The third-order valence-electron chi connectivity index (χ3n) is 5.28. The number of rotatable bonds is 7. The van der Waals surface area contributed by atoms with Gasteiger partial charge in [0, 0.05) is 12.3 Å². The lowest BCUT2D eigenvalue weighted by Crippen LogP contribution is -2.41. The molecule has 5 nitrogen and oxygen atoms in total. The number of aliphatic hydroxyl groups excluding tert-OH is 1. The molecule has 1 amide bonds. The van der Waals surface area contributed by atoms with E-state index >= 15 is 0 Å². The number of nitrogens with zero attached hydrogens (tertiary/aromatic N) is 1. The predicted molar refractivity (Wildman–Crippen MR) is 105 cm³/mol. The number of pyridine rings is 1. The van der Waals surface area contributed by atoms with Crippen molar-refractivity contribution in [1.82, 2.24) is 10.3 Å². The Morgan fingerprint density at radius 1 is 1.19 bits per heavy atom. The van der Waals surface area contributed by atoms with Gasteiger partial charge in [0.1, 0.15) is 0 Å². The van der Waals surface area contributed by atoms with E-state index in [9.17, 15) is 9.90 Å². The van der Waals surface area contributed by atoms with E-state index in [0.29, 0.717) is 31.1 Å². The Morgan fingerprint density at radius 2 is 1.85 bits per heavy atom. The highest BCUT2D eigenvalue weighted by Gasteiger charge is 2.35. The SMILES string of the molecule is COc1ccc(C(NC(=O)Cc2ccc(C(C)C)cc2)C2CC(O)C2)cn1. The number of ether oxygens (including phenoxy) is 1. The van der Waals surface area contributed by atoms with Crippen molar-refractivity contribution in [1.29, 1.82) is 0 Å². The van der Waals surface area contributed by atoms with Gasteiger partial charge < -0.3 is 15.2 Å².